The Kier molecular flexibility index (Phi) is 5.54. The molecule has 2 aromatic carbocycles. The van der Waals surface area contributed by atoms with Crippen molar-refractivity contribution in [3.63, 3.8) is 0 Å². The minimum Gasteiger partial charge on any atom is -0.496 e. The Morgan fingerprint density at radius 1 is 1.04 bits per heavy atom. The number of hydrogen-bond acceptors (Lipinski definition) is 5. The van der Waals surface area contributed by atoms with Crippen LogP contribution in [0.3, 0.4) is 0 Å². The zero-order valence-electron chi connectivity index (χ0n) is 15.9. The summed E-state index contributed by atoms with van der Waals surface area (Å²) in [4.78, 5) is 16.2. The first kappa shape index (κ1) is 18.6. The van der Waals surface area contributed by atoms with E-state index in [9.17, 15) is 4.79 Å². The number of H-pyrrole nitrogens is 1. The van der Waals surface area contributed by atoms with Crippen LogP contribution in [0.15, 0.2) is 42.6 Å². The normalized spacial score (nSPS) is 11.9. The highest BCUT2D eigenvalue weighted by Gasteiger charge is 2.33. The molecule has 0 aliphatic carbocycles. The zero-order chi connectivity index (χ0) is 19.4. The molecule has 0 saturated carbocycles. The summed E-state index contributed by atoms with van der Waals surface area (Å²) in [5.74, 6) is 0.485. The second kappa shape index (κ2) is 8.03. The summed E-state index contributed by atoms with van der Waals surface area (Å²) in [7, 11) is 4.67. The summed E-state index contributed by atoms with van der Waals surface area (Å²) >= 11 is 0. The topological polar surface area (TPSA) is 69.8 Å². The van der Waals surface area contributed by atoms with Crippen LogP contribution in [0.5, 0.6) is 17.2 Å². The van der Waals surface area contributed by atoms with E-state index in [0.717, 1.165) is 16.5 Å². The molecule has 0 spiro atoms. The Balaban J connectivity index is 2.28. The highest BCUT2D eigenvalue weighted by Crippen LogP contribution is 2.44. The van der Waals surface area contributed by atoms with Crippen molar-refractivity contribution in [3.05, 3.63) is 53.7 Å². The Labute approximate surface area is 158 Å². The quantitative estimate of drug-likeness (QED) is 0.640. The van der Waals surface area contributed by atoms with Gasteiger partial charge in [-0.15, -0.1) is 0 Å². The smallest absolute Gasteiger partial charge is 0.318 e. The van der Waals surface area contributed by atoms with Crippen LogP contribution in [0, 0.1) is 0 Å². The number of hydrogen-bond donors (Lipinski definition) is 1. The van der Waals surface area contributed by atoms with E-state index in [1.165, 1.54) is 0 Å². The molecule has 6 heteroatoms. The second-order valence-electron chi connectivity index (χ2n) is 5.92. The Hall–Kier alpha value is -3.15. The molecule has 142 valence electrons. The van der Waals surface area contributed by atoms with E-state index in [1.54, 1.807) is 40.4 Å². The van der Waals surface area contributed by atoms with E-state index < -0.39 is 5.92 Å². The molecular weight excluding hydrogens is 346 g/mol. The van der Waals surface area contributed by atoms with Gasteiger partial charge < -0.3 is 23.9 Å². The fraction of sp³-hybridized carbons (Fsp3) is 0.286. The predicted octanol–water partition coefficient (Wildman–Crippen LogP) is 3.89. The first-order valence-corrected chi connectivity index (χ1v) is 8.67. The first-order chi connectivity index (χ1) is 13.1. The van der Waals surface area contributed by atoms with Crippen LogP contribution in [0.2, 0.25) is 0 Å². The fourth-order valence-corrected chi connectivity index (χ4v) is 3.28. The molecule has 1 N–H and O–H groups in total. The molecule has 0 saturated heterocycles. The lowest BCUT2D eigenvalue weighted by Gasteiger charge is -2.22. The van der Waals surface area contributed by atoms with Gasteiger partial charge in [0.15, 0.2) is 0 Å². The lowest BCUT2D eigenvalue weighted by molar-refractivity contribution is -0.143. The number of benzene rings is 2. The molecule has 3 aromatic rings. The van der Waals surface area contributed by atoms with Crippen molar-refractivity contribution < 1.29 is 23.7 Å². The van der Waals surface area contributed by atoms with Gasteiger partial charge >= 0.3 is 5.97 Å². The Bertz CT molecular complexity index is 922. The highest BCUT2D eigenvalue weighted by molar-refractivity contribution is 5.93. The van der Waals surface area contributed by atoms with Gasteiger partial charge in [-0.2, -0.15) is 0 Å². The third-order valence-corrected chi connectivity index (χ3v) is 4.50. The summed E-state index contributed by atoms with van der Waals surface area (Å²) in [6.45, 7) is 2.06. The molecule has 1 atom stereocenters. The second-order valence-corrected chi connectivity index (χ2v) is 5.92. The number of nitrogens with one attached hydrogen (secondary N) is 1. The van der Waals surface area contributed by atoms with Crippen molar-refractivity contribution >= 4 is 16.9 Å². The SMILES string of the molecule is CCOC(=O)C(c1c(OC)cc(OC)cc1OC)c1c[nH]c2ccccc12. The number of carbonyl (C=O) groups excluding carboxylic acids is 1. The number of aromatic amines is 1. The molecular formula is C21H23NO5. The van der Waals surface area contributed by atoms with E-state index in [-0.39, 0.29) is 12.6 Å². The molecule has 0 aliphatic rings. The number of carbonyl (C=O) groups is 1. The van der Waals surface area contributed by atoms with E-state index in [1.807, 2.05) is 30.5 Å². The molecule has 0 aliphatic heterocycles. The number of esters is 1. The minimum atomic E-state index is -0.711. The minimum absolute atomic E-state index is 0.276. The van der Waals surface area contributed by atoms with Gasteiger partial charge in [0, 0.05) is 29.2 Å². The van der Waals surface area contributed by atoms with E-state index in [0.29, 0.717) is 22.8 Å². The van der Waals surface area contributed by atoms with Gasteiger partial charge in [-0.1, -0.05) is 18.2 Å². The molecule has 6 nitrogen and oxygen atoms in total. The molecule has 27 heavy (non-hydrogen) atoms. The molecule has 3 rings (SSSR count). The summed E-state index contributed by atoms with van der Waals surface area (Å²) in [5.41, 5.74) is 2.34. The summed E-state index contributed by atoms with van der Waals surface area (Å²) in [6.07, 6.45) is 1.83. The van der Waals surface area contributed by atoms with Crippen LogP contribution in [-0.2, 0) is 9.53 Å². The molecule has 0 fully saturated rings. The molecule has 0 bridgehead atoms. The monoisotopic (exact) mass is 369 g/mol. The lowest BCUT2D eigenvalue weighted by Crippen LogP contribution is -2.19. The van der Waals surface area contributed by atoms with Crippen LogP contribution in [0.4, 0.5) is 0 Å². The first-order valence-electron chi connectivity index (χ1n) is 8.67. The number of para-hydroxylation sites is 1. The molecule has 1 heterocycles. The number of rotatable bonds is 7. The zero-order valence-corrected chi connectivity index (χ0v) is 15.9. The number of aromatic nitrogens is 1. The van der Waals surface area contributed by atoms with Crippen LogP contribution < -0.4 is 14.2 Å². The van der Waals surface area contributed by atoms with Gasteiger partial charge in [0.05, 0.1) is 33.5 Å². The summed E-state index contributed by atoms with van der Waals surface area (Å²) < 4.78 is 21.9. The highest BCUT2D eigenvalue weighted by atomic mass is 16.5. The van der Waals surface area contributed by atoms with E-state index >= 15 is 0 Å². The Morgan fingerprint density at radius 2 is 1.70 bits per heavy atom. The average molecular weight is 369 g/mol. The van der Waals surface area contributed by atoms with Crippen LogP contribution in [0.25, 0.3) is 10.9 Å². The standard InChI is InChI=1S/C21H23NO5/c1-5-27-21(23)19(15-12-22-16-9-7-6-8-14(15)16)20-17(25-3)10-13(24-2)11-18(20)26-4/h6-12,19,22H,5H2,1-4H3. The van der Waals surface area contributed by atoms with Crippen molar-refractivity contribution in [1.29, 1.82) is 0 Å². The molecule has 0 radical (unpaired) electrons. The van der Waals surface area contributed by atoms with Gasteiger partial charge in [-0.25, -0.2) is 0 Å². The maximum atomic E-state index is 13.0. The lowest BCUT2D eigenvalue weighted by atomic mass is 9.89. The predicted molar refractivity (Wildman–Crippen MR) is 103 cm³/mol. The van der Waals surface area contributed by atoms with Crippen LogP contribution in [0.1, 0.15) is 24.0 Å². The summed E-state index contributed by atoms with van der Waals surface area (Å²) in [6, 6.07) is 11.3. The van der Waals surface area contributed by atoms with Crippen molar-refractivity contribution in [2.24, 2.45) is 0 Å². The molecule has 0 amide bonds. The van der Waals surface area contributed by atoms with Crippen LogP contribution >= 0.6 is 0 Å². The Morgan fingerprint density at radius 3 is 2.30 bits per heavy atom. The fourth-order valence-electron chi connectivity index (χ4n) is 3.28. The van der Waals surface area contributed by atoms with Crippen molar-refractivity contribution in [2.75, 3.05) is 27.9 Å². The number of ether oxygens (including phenoxy) is 4. The van der Waals surface area contributed by atoms with Crippen molar-refractivity contribution in [3.8, 4) is 17.2 Å². The van der Waals surface area contributed by atoms with E-state index in [4.69, 9.17) is 18.9 Å². The largest absolute Gasteiger partial charge is 0.496 e. The summed E-state index contributed by atoms with van der Waals surface area (Å²) in [5, 5.41) is 0.940. The maximum Gasteiger partial charge on any atom is 0.318 e. The van der Waals surface area contributed by atoms with Gasteiger partial charge in [0.25, 0.3) is 0 Å². The third kappa shape index (κ3) is 3.43. The average Bonchev–Trinajstić information content (AvgIpc) is 3.12. The molecule has 1 unspecified atom stereocenters. The number of fused-ring (bicyclic) bond motifs is 1. The van der Waals surface area contributed by atoms with Crippen LogP contribution in [-0.4, -0.2) is 38.9 Å². The van der Waals surface area contributed by atoms with Crippen molar-refractivity contribution in [2.45, 2.75) is 12.8 Å². The van der Waals surface area contributed by atoms with Gasteiger partial charge in [0.1, 0.15) is 23.2 Å². The number of methoxy groups -OCH3 is 3. The van der Waals surface area contributed by atoms with E-state index in [2.05, 4.69) is 4.98 Å². The van der Waals surface area contributed by atoms with Gasteiger partial charge in [-0.3, -0.25) is 4.79 Å². The van der Waals surface area contributed by atoms with Gasteiger partial charge in [-0.05, 0) is 18.6 Å². The molecule has 1 aromatic heterocycles. The van der Waals surface area contributed by atoms with Gasteiger partial charge in [0.2, 0.25) is 0 Å². The maximum absolute atomic E-state index is 13.0. The third-order valence-electron chi connectivity index (χ3n) is 4.50. The van der Waals surface area contributed by atoms with Crippen molar-refractivity contribution in [1.82, 2.24) is 4.98 Å².